The molecule has 0 spiro atoms. The molecule has 0 aromatic carbocycles. The molecule has 0 aromatic rings. The predicted molar refractivity (Wildman–Crippen MR) is 61.3 cm³/mol. The van der Waals surface area contributed by atoms with Crippen molar-refractivity contribution in [2.75, 3.05) is 13.2 Å². The van der Waals surface area contributed by atoms with Gasteiger partial charge in [0.1, 0.15) is 12.4 Å². The molecule has 4 N–H and O–H groups in total. The third kappa shape index (κ3) is 7.05. The number of amides is 1. The van der Waals surface area contributed by atoms with Gasteiger partial charge < -0.3 is 21.0 Å². The van der Waals surface area contributed by atoms with Crippen LogP contribution in [0.2, 0.25) is 0 Å². The fourth-order valence-electron chi connectivity index (χ4n) is 0.803. The Hall–Kier alpha value is -1.30. The molecule has 16 heavy (non-hydrogen) atoms. The number of hydrogen-bond donors (Lipinski definition) is 3. The molecule has 0 aromatic heterocycles. The molecule has 0 fully saturated rings. The highest BCUT2D eigenvalue weighted by Gasteiger charge is 2.14. The van der Waals surface area contributed by atoms with Gasteiger partial charge in [0.15, 0.2) is 0 Å². The maximum atomic E-state index is 11.3. The summed E-state index contributed by atoms with van der Waals surface area (Å²) in [5.41, 5.74) is 5.02. The van der Waals surface area contributed by atoms with E-state index in [4.69, 9.17) is 15.7 Å². The Bertz CT molecular complexity index is 259. The van der Waals surface area contributed by atoms with E-state index in [1.807, 2.05) is 20.8 Å². The minimum absolute atomic E-state index is 0.00634. The van der Waals surface area contributed by atoms with Gasteiger partial charge in [0.05, 0.1) is 5.60 Å². The van der Waals surface area contributed by atoms with Crippen LogP contribution in [0, 0.1) is 5.92 Å². The van der Waals surface area contributed by atoms with Crippen molar-refractivity contribution in [1.29, 1.82) is 0 Å². The highest BCUT2D eigenvalue weighted by Crippen LogP contribution is 2.05. The van der Waals surface area contributed by atoms with Crippen molar-refractivity contribution in [2.24, 2.45) is 16.8 Å². The van der Waals surface area contributed by atoms with Gasteiger partial charge >= 0.3 is 0 Å². The second-order valence-corrected chi connectivity index (χ2v) is 4.63. The highest BCUT2D eigenvalue weighted by molar-refractivity contribution is 5.83. The van der Waals surface area contributed by atoms with Crippen molar-refractivity contribution in [3.8, 4) is 0 Å². The average molecular weight is 231 g/mol. The minimum Gasteiger partial charge on any atom is -0.409 e. The van der Waals surface area contributed by atoms with Crippen LogP contribution >= 0.6 is 0 Å². The molecule has 0 aliphatic rings. The molecule has 0 aliphatic heterocycles. The average Bonchev–Trinajstić information content (AvgIpc) is 2.20. The third-order valence-corrected chi connectivity index (χ3v) is 1.86. The number of nitrogens with one attached hydrogen (secondary N) is 1. The van der Waals surface area contributed by atoms with Crippen molar-refractivity contribution >= 4 is 11.7 Å². The van der Waals surface area contributed by atoms with Gasteiger partial charge in [-0.15, -0.1) is 0 Å². The molecule has 1 unspecified atom stereocenters. The lowest BCUT2D eigenvalue weighted by Gasteiger charge is -2.19. The van der Waals surface area contributed by atoms with E-state index in [9.17, 15) is 4.79 Å². The van der Waals surface area contributed by atoms with Crippen LogP contribution in [0.25, 0.3) is 0 Å². The summed E-state index contributed by atoms with van der Waals surface area (Å²) >= 11 is 0. The van der Waals surface area contributed by atoms with Crippen LogP contribution in [-0.2, 0) is 9.53 Å². The molecule has 0 bridgehead atoms. The summed E-state index contributed by atoms with van der Waals surface area (Å²) in [6.45, 7) is 7.70. The maximum Gasteiger partial charge on any atom is 0.246 e. The molecule has 0 radical (unpaired) electrons. The molecule has 0 aliphatic carbocycles. The smallest absolute Gasteiger partial charge is 0.246 e. The molecular formula is C10H21N3O3. The Balaban J connectivity index is 3.82. The van der Waals surface area contributed by atoms with Crippen LogP contribution in [0.4, 0.5) is 0 Å². The number of rotatable bonds is 5. The van der Waals surface area contributed by atoms with Crippen molar-refractivity contribution in [2.45, 2.75) is 33.3 Å². The van der Waals surface area contributed by atoms with Crippen molar-refractivity contribution in [3.05, 3.63) is 0 Å². The van der Waals surface area contributed by atoms with Crippen LogP contribution in [0.15, 0.2) is 5.16 Å². The minimum atomic E-state index is -0.339. The van der Waals surface area contributed by atoms with Crippen LogP contribution < -0.4 is 11.1 Å². The molecule has 6 heteroatoms. The van der Waals surface area contributed by atoms with Crippen LogP contribution in [-0.4, -0.2) is 35.7 Å². The number of oxime groups is 1. The van der Waals surface area contributed by atoms with Crippen molar-refractivity contribution in [1.82, 2.24) is 5.32 Å². The lowest BCUT2D eigenvalue weighted by atomic mass is 10.1. The van der Waals surface area contributed by atoms with E-state index >= 15 is 0 Å². The molecule has 1 atom stereocenters. The van der Waals surface area contributed by atoms with Gasteiger partial charge in [0.25, 0.3) is 0 Å². The molecule has 0 heterocycles. The summed E-state index contributed by atoms with van der Waals surface area (Å²) < 4.78 is 5.29. The molecular weight excluding hydrogens is 210 g/mol. The predicted octanol–water partition coefficient (Wildman–Crippen LogP) is 0.300. The second-order valence-electron chi connectivity index (χ2n) is 4.63. The van der Waals surface area contributed by atoms with Gasteiger partial charge in [-0.05, 0) is 20.8 Å². The number of amidine groups is 1. The van der Waals surface area contributed by atoms with E-state index in [-0.39, 0.29) is 29.9 Å². The van der Waals surface area contributed by atoms with Gasteiger partial charge in [-0.25, -0.2) is 0 Å². The van der Waals surface area contributed by atoms with E-state index < -0.39 is 0 Å². The fourth-order valence-corrected chi connectivity index (χ4v) is 0.803. The number of nitrogens with two attached hydrogens (primary N) is 1. The van der Waals surface area contributed by atoms with Gasteiger partial charge in [-0.3, -0.25) is 4.79 Å². The lowest BCUT2D eigenvalue weighted by molar-refractivity contribution is -0.130. The normalized spacial score (nSPS) is 14.6. The van der Waals surface area contributed by atoms with E-state index in [2.05, 4.69) is 10.5 Å². The van der Waals surface area contributed by atoms with Crippen LogP contribution in [0.1, 0.15) is 27.7 Å². The zero-order chi connectivity index (χ0) is 12.8. The van der Waals surface area contributed by atoms with E-state index in [0.717, 1.165) is 0 Å². The zero-order valence-electron chi connectivity index (χ0n) is 10.3. The molecule has 0 saturated carbocycles. The maximum absolute atomic E-state index is 11.3. The number of hydrogen-bond acceptors (Lipinski definition) is 4. The van der Waals surface area contributed by atoms with E-state index in [1.54, 1.807) is 6.92 Å². The van der Waals surface area contributed by atoms with Gasteiger partial charge in [-0.2, -0.15) is 0 Å². The van der Waals surface area contributed by atoms with E-state index in [0.29, 0.717) is 6.54 Å². The third-order valence-electron chi connectivity index (χ3n) is 1.86. The Labute approximate surface area is 95.8 Å². The Kier molecular flexibility index (Phi) is 5.81. The molecule has 6 nitrogen and oxygen atoms in total. The number of carbonyl (C=O) groups excluding carboxylic acids is 1. The van der Waals surface area contributed by atoms with Crippen LogP contribution in [0.3, 0.4) is 0 Å². The monoisotopic (exact) mass is 231 g/mol. The number of ether oxygens (including phenoxy) is 1. The van der Waals surface area contributed by atoms with Gasteiger partial charge in [-0.1, -0.05) is 12.1 Å². The summed E-state index contributed by atoms with van der Waals surface area (Å²) in [6, 6.07) is 0. The Morgan fingerprint density at radius 3 is 2.56 bits per heavy atom. The molecule has 0 saturated heterocycles. The summed E-state index contributed by atoms with van der Waals surface area (Å²) in [6.07, 6.45) is 0. The summed E-state index contributed by atoms with van der Waals surface area (Å²) in [5.74, 6) is -0.326. The Morgan fingerprint density at radius 2 is 2.12 bits per heavy atom. The lowest BCUT2D eigenvalue weighted by Crippen LogP contribution is -2.37. The quantitative estimate of drug-likeness (QED) is 0.274. The molecule has 0 rings (SSSR count). The first kappa shape index (κ1) is 14.7. The zero-order valence-corrected chi connectivity index (χ0v) is 10.3. The van der Waals surface area contributed by atoms with Crippen molar-refractivity contribution < 1.29 is 14.7 Å². The summed E-state index contributed by atoms with van der Waals surface area (Å²) in [4.78, 5) is 11.3. The Morgan fingerprint density at radius 1 is 1.56 bits per heavy atom. The standard InChI is InChI=1S/C10H21N3O3/c1-7(9(11)13-15)5-12-8(14)6-16-10(2,3)4/h7,15H,5-6H2,1-4H3,(H2,11,13)(H,12,14). The first-order chi connectivity index (χ1) is 7.26. The SMILES string of the molecule is CC(CNC(=O)COC(C)(C)C)C(N)=NO. The van der Waals surface area contributed by atoms with E-state index in [1.165, 1.54) is 0 Å². The summed E-state index contributed by atoms with van der Waals surface area (Å²) in [5, 5.41) is 13.9. The topological polar surface area (TPSA) is 96.9 Å². The molecule has 1 amide bonds. The molecule has 94 valence electrons. The highest BCUT2D eigenvalue weighted by atomic mass is 16.5. The fraction of sp³-hybridized carbons (Fsp3) is 0.800. The number of nitrogens with zero attached hydrogens (tertiary/aromatic N) is 1. The van der Waals surface area contributed by atoms with Gasteiger partial charge in [0.2, 0.25) is 5.91 Å². The van der Waals surface area contributed by atoms with Crippen LogP contribution in [0.5, 0.6) is 0 Å². The van der Waals surface area contributed by atoms with Gasteiger partial charge in [0, 0.05) is 12.5 Å². The first-order valence-corrected chi connectivity index (χ1v) is 5.14. The van der Waals surface area contributed by atoms with Crippen molar-refractivity contribution in [3.63, 3.8) is 0 Å². The summed E-state index contributed by atoms with van der Waals surface area (Å²) in [7, 11) is 0. The first-order valence-electron chi connectivity index (χ1n) is 5.14. The second kappa shape index (κ2) is 6.32. The number of carbonyl (C=O) groups is 1. The largest absolute Gasteiger partial charge is 0.409 e.